The minimum atomic E-state index is -0.972. The molecule has 0 atom stereocenters. The second kappa shape index (κ2) is 5.16. The maximum atomic E-state index is 10.6. The minimum absolute atomic E-state index is 0.208. The van der Waals surface area contributed by atoms with Gasteiger partial charge in [0.05, 0.1) is 6.20 Å². The Bertz CT molecular complexity index is 524. The molecule has 0 bridgehead atoms. The minimum Gasteiger partial charge on any atom is -0.486 e. The molecule has 0 saturated heterocycles. The lowest BCUT2D eigenvalue weighted by Gasteiger charge is -2.03. The van der Waals surface area contributed by atoms with Crippen LogP contribution in [0.25, 0.3) is 0 Å². The second-order valence-corrected chi connectivity index (χ2v) is 4.72. The molecule has 0 aliphatic carbocycles. The summed E-state index contributed by atoms with van der Waals surface area (Å²) in [6, 6.07) is 6.94. The third kappa shape index (κ3) is 3.18. The van der Waals surface area contributed by atoms with Crippen LogP contribution in [0, 0.1) is 0 Å². The predicted molar refractivity (Wildman–Crippen MR) is 64.9 cm³/mol. The van der Waals surface area contributed by atoms with Gasteiger partial charge in [-0.05, 0) is 24.3 Å². The van der Waals surface area contributed by atoms with Crippen molar-refractivity contribution >= 4 is 28.9 Å². The summed E-state index contributed by atoms with van der Waals surface area (Å²) in [5, 5.41) is 9.99. The van der Waals surface area contributed by atoms with Gasteiger partial charge in [-0.25, -0.2) is 9.78 Å². The highest BCUT2D eigenvalue weighted by Gasteiger charge is 2.08. The van der Waals surface area contributed by atoms with Gasteiger partial charge in [-0.3, -0.25) is 0 Å². The topological polar surface area (TPSA) is 59.4 Å². The molecule has 2 rings (SSSR count). The second-order valence-electron chi connectivity index (χ2n) is 3.17. The van der Waals surface area contributed by atoms with Gasteiger partial charge in [0.2, 0.25) is 0 Å². The molecular weight excluding hydrogens is 262 g/mol. The molecule has 4 nitrogen and oxygen atoms in total. The Hall–Kier alpha value is -1.59. The van der Waals surface area contributed by atoms with Crippen molar-refractivity contribution in [2.75, 3.05) is 0 Å². The molecule has 0 radical (unpaired) electrons. The number of halogens is 1. The standard InChI is InChI=1S/C11H8ClNO3S/c12-7-1-3-8(4-2-7)16-6-10-13-5-9(17-10)11(14)15/h1-5H,6H2,(H,14,15). The molecule has 0 unspecified atom stereocenters. The molecule has 1 aromatic carbocycles. The highest BCUT2D eigenvalue weighted by molar-refractivity contribution is 7.13. The van der Waals surface area contributed by atoms with Crippen molar-refractivity contribution in [2.45, 2.75) is 6.61 Å². The Morgan fingerprint density at radius 3 is 2.71 bits per heavy atom. The number of hydrogen-bond acceptors (Lipinski definition) is 4. The zero-order chi connectivity index (χ0) is 12.3. The van der Waals surface area contributed by atoms with Crippen LogP contribution in [-0.4, -0.2) is 16.1 Å². The largest absolute Gasteiger partial charge is 0.486 e. The van der Waals surface area contributed by atoms with E-state index in [9.17, 15) is 4.79 Å². The summed E-state index contributed by atoms with van der Waals surface area (Å²) in [6.45, 7) is 0.250. The van der Waals surface area contributed by atoms with E-state index in [0.29, 0.717) is 15.8 Å². The van der Waals surface area contributed by atoms with E-state index in [0.717, 1.165) is 11.3 Å². The lowest BCUT2D eigenvalue weighted by atomic mass is 10.3. The number of thiazole rings is 1. The lowest BCUT2D eigenvalue weighted by molar-refractivity contribution is 0.0702. The number of carboxylic acids is 1. The van der Waals surface area contributed by atoms with E-state index in [-0.39, 0.29) is 11.5 Å². The van der Waals surface area contributed by atoms with Crippen molar-refractivity contribution < 1.29 is 14.6 Å². The van der Waals surface area contributed by atoms with Gasteiger partial charge in [-0.2, -0.15) is 0 Å². The number of hydrogen-bond donors (Lipinski definition) is 1. The SMILES string of the molecule is O=C(O)c1cnc(COc2ccc(Cl)cc2)s1. The molecule has 0 amide bonds. The average Bonchev–Trinajstić information content (AvgIpc) is 2.77. The summed E-state index contributed by atoms with van der Waals surface area (Å²) in [7, 11) is 0. The van der Waals surface area contributed by atoms with Crippen LogP contribution in [0.4, 0.5) is 0 Å². The van der Waals surface area contributed by atoms with Crippen LogP contribution in [0.2, 0.25) is 5.02 Å². The van der Waals surface area contributed by atoms with E-state index in [2.05, 4.69) is 4.98 Å². The van der Waals surface area contributed by atoms with Crippen LogP contribution in [0.1, 0.15) is 14.7 Å². The summed E-state index contributed by atoms with van der Waals surface area (Å²) < 4.78 is 5.44. The fourth-order valence-corrected chi connectivity index (χ4v) is 1.95. The summed E-state index contributed by atoms with van der Waals surface area (Å²) in [5.41, 5.74) is 0. The first-order valence-electron chi connectivity index (χ1n) is 4.71. The molecule has 1 aromatic heterocycles. The monoisotopic (exact) mass is 269 g/mol. The van der Waals surface area contributed by atoms with Gasteiger partial charge >= 0.3 is 5.97 Å². The number of nitrogens with zero attached hydrogens (tertiary/aromatic N) is 1. The van der Waals surface area contributed by atoms with E-state index in [4.69, 9.17) is 21.4 Å². The molecule has 2 aromatic rings. The zero-order valence-electron chi connectivity index (χ0n) is 8.59. The fourth-order valence-electron chi connectivity index (χ4n) is 1.15. The smallest absolute Gasteiger partial charge is 0.347 e. The first-order valence-corrected chi connectivity index (χ1v) is 5.91. The van der Waals surface area contributed by atoms with Crippen LogP contribution in [0.3, 0.4) is 0 Å². The number of ether oxygens (including phenoxy) is 1. The van der Waals surface area contributed by atoms with Crippen molar-refractivity contribution in [1.82, 2.24) is 4.98 Å². The normalized spacial score (nSPS) is 10.2. The quantitative estimate of drug-likeness (QED) is 0.927. The Morgan fingerprint density at radius 1 is 1.41 bits per heavy atom. The molecule has 1 heterocycles. The van der Waals surface area contributed by atoms with Crippen molar-refractivity contribution in [3.05, 3.63) is 45.4 Å². The van der Waals surface area contributed by atoms with E-state index < -0.39 is 5.97 Å². The van der Waals surface area contributed by atoms with Crippen molar-refractivity contribution in [1.29, 1.82) is 0 Å². The lowest BCUT2D eigenvalue weighted by Crippen LogP contribution is -1.93. The maximum Gasteiger partial charge on any atom is 0.347 e. The number of aromatic carboxylic acids is 1. The van der Waals surface area contributed by atoms with Crippen LogP contribution in [0.5, 0.6) is 5.75 Å². The predicted octanol–water partition coefficient (Wildman–Crippen LogP) is 3.07. The molecule has 88 valence electrons. The molecular formula is C11H8ClNO3S. The zero-order valence-corrected chi connectivity index (χ0v) is 10.2. The summed E-state index contributed by atoms with van der Waals surface area (Å²) in [4.78, 5) is 14.8. The van der Waals surface area contributed by atoms with Crippen LogP contribution >= 0.6 is 22.9 Å². The van der Waals surface area contributed by atoms with Crippen molar-refractivity contribution in [3.8, 4) is 5.75 Å². The highest BCUT2D eigenvalue weighted by Crippen LogP contribution is 2.18. The molecule has 0 aliphatic heterocycles. The van der Waals surface area contributed by atoms with Crippen molar-refractivity contribution in [2.24, 2.45) is 0 Å². The van der Waals surface area contributed by atoms with Gasteiger partial charge in [0.15, 0.2) is 0 Å². The van der Waals surface area contributed by atoms with E-state index >= 15 is 0 Å². The highest BCUT2D eigenvalue weighted by atomic mass is 35.5. The number of benzene rings is 1. The van der Waals surface area contributed by atoms with E-state index in [1.54, 1.807) is 24.3 Å². The number of aromatic nitrogens is 1. The average molecular weight is 270 g/mol. The third-order valence-corrected chi connectivity index (χ3v) is 3.15. The Morgan fingerprint density at radius 2 is 2.12 bits per heavy atom. The summed E-state index contributed by atoms with van der Waals surface area (Å²) >= 11 is 6.84. The Kier molecular flexibility index (Phi) is 3.61. The molecule has 0 aliphatic rings. The maximum absolute atomic E-state index is 10.6. The Labute approximate surface area is 106 Å². The number of carboxylic acid groups (broad SMARTS) is 1. The van der Waals surface area contributed by atoms with E-state index in [1.807, 2.05) is 0 Å². The van der Waals surface area contributed by atoms with Gasteiger partial charge in [-0.1, -0.05) is 11.6 Å². The van der Waals surface area contributed by atoms with Crippen LogP contribution in [-0.2, 0) is 6.61 Å². The first kappa shape index (κ1) is 11.9. The van der Waals surface area contributed by atoms with Crippen LogP contribution in [0.15, 0.2) is 30.5 Å². The number of carbonyl (C=O) groups is 1. The summed E-state index contributed by atoms with van der Waals surface area (Å²) in [6.07, 6.45) is 1.33. The molecule has 0 saturated carbocycles. The van der Waals surface area contributed by atoms with Gasteiger partial charge in [0, 0.05) is 5.02 Å². The van der Waals surface area contributed by atoms with Crippen LogP contribution < -0.4 is 4.74 Å². The van der Waals surface area contributed by atoms with Gasteiger partial charge in [-0.15, -0.1) is 11.3 Å². The van der Waals surface area contributed by atoms with Gasteiger partial charge in [0.1, 0.15) is 22.2 Å². The van der Waals surface area contributed by atoms with Gasteiger partial charge in [0.25, 0.3) is 0 Å². The third-order valence-electron chi connectivity index (χ3n) is 1.94. The molecule has 17 heavy (non-hydrogen) atoms. The Balaban J connectivity index is 1.97. The number of rotatable bonds is 4. The summed E-state index contributed by atoms with van der Waals surface area (Å²) in [5.74, 6) is -0.304. The molecule has 1 N–H and O–H groups in total. The molecule has 0 spiro atoms. The van der Waals surface area contributed by atoms with Crippen molar-refractivity contribution in [3.63, 3.8) is 0 Å². The molecule has 0 fully saturated rings. The van der Waals surface area contributed by atoms with E-state index in [1.165, 1.54) is 6.20 Å². The molecule has 6 heteroatoms. The van der Waals surface area contributed by atoms with Gasteiger partial charge < -0.3 is 9.84 Å². The first-order chi connectivity index (χ1) is 8.15. The fraction of sp³-hybridized carbons (Fsp3) is 0.0909.